The predicted octanol–water partition coefficient (Wildman–Crippen LogP) is 3.19. The number of furan rings is 1. The molecule has 148 valence electrons. The van der Waals surface area contributed by atoms with E-state index in [4.69, 9.17) is 19.9 Å². The standard InChI is InChI=1S/C21H22N6O2/c1-13-5-8-18(29-13)20-26-21(22)25-19-15(10-23-27(19)20)9-16-3-2-4-17(24-16)12-28-11-14-6-7-14/h2-5,8,10,14H,6-7,9,11-12H2,1H3,(H2,22,25). The molecule has 4 aromatic heterocycles. The Kier molecular flexibility index (Phi) is 4.48. The second-order valence-corrected chi connectivity index (χ2v) is 7.48. The summed E-state index contributed by atoms with van der Waals surface area (Å²) >= 11 is 0. The van der Waals surface area contributed by atoms with Gasteiger partial charge in [-0.15, -0.1) is 0 Å². The third-order valence-electron chi connectivity index (χ3n) is 4.96. The van der Waals surface area contributed by atoms with Crippen molar-refractivity contribution in [2.45, 2.75) is 32.8 Å². The third kappa shape index (κ3) is 3.84. The fourth-order valence-corrected chi connectivity index (χ4v) is 3.30. The van der Waals surface area contributed by atoms with Crippen molar-refractivity contribution in [3.63, 3.8) is 0 Å². The molecule has 1 fully saturated rings. The molecule has 4 heterocycles. The minimum atomic E-state index is 0.179. The fraction of sp³-hybridized carbons (Fsp3) is 0.333. The topological polar surface area (TPSA) is 104 Å². The molecule has 1 aliphatic carbocycles. The number of anilines is 1. The van der Waals surface area contributed by atoms with Gasteiger partial charge in [0.15, 0.2) is 11.4 Å². The van der Waals surface area contributed by atoms with Crippen LogP contribution < -0.4 is 5.73 Å². The molecule has 0 amide bonds. The summed E-state index contributed by atoms with van der Waals surface area (Å²) in [6, 6.07) is 9.72. The van der Waals surface area contributed by atoms with Gasteiger partial charge in [0, 0.05) is 24.3 Å². The molecule has 0 saturated heterocycles. The van der Waals surface area contributed by atoms with Gasteiger partial charge in [0.05, 0.1) is 18.5 Å². The van der Waals surface area contributed by atoms with Gasteiger partial charge in [0.25, 0.3) is 0 Å². The molecule has 0 spiro atoms. The maximum absolute atomic E-state index is 5.96. The van der Waals surface area contributed by atoms with Crippen molar-refractivity contribution < 1.29 is 9.15 Å². The lowest BCUT2D eigenvalue weighted by Gasteiger charge is -2.06. The van der Waals surface area contributed by atoms with Gasteiger partial charge in [-0.3, -0.25) is 4.98 Å². The van der Waals surface area contributed by atoms with Crippen LogP contribution in [0.2, 0.25) is 0 Å². The first-order valence-corrected chi connectivity index (χ1v) is 9.75. The van der Waals surface area contributed by atoms with E-state index in [1.54, 1.807) is 10.7 Å². The molecule has 29 heavy (non-hydrogen) atoms. The zero-order valence-corrected chi connectivity index (χ0v) is 16.2. The third-order valence-corrected chi connectivity index (χ3v) is 4.96. The molecule has 0 unspecified atom stereocenters. The van der Waals surface area contributed by atoms with Crippen molar-refractivity contribution in [1.82, 2.24) is 24.6 Å². The van der Waals surface area contributed by atoms with E-state index in [9.17, 15) is 0 Å². The van der Waals surface area contributed by atoms with E-state index in [0.717, 1.165) is 35.2 Å². The summed E-state index contributed by atoms with van der Waals surface area (Å²) in [6.45, 7) is 3.24. The van der Waals surface area contributed by atoms with Crippen LogP contribution in [0.15, 0.2) is 40.9 Å². The van der Waals surface area contributed by atoms with Gasteiger partial charge < -0.3 is 14.9 Å². The van der Waals surface area contributed by atoms with Crippen LogP contribution >= 0.6 is 0 Å². The number of ether oxygens (including phenoxy) is 1. The molecule has 0 aromatic carbocycles. The molecule has 8 heteroatoms. The number of nitrogens with two attached hydrogens (primary N) is 1. The molecule has 0 aliphatic heterocycles. The number of aromatic nitrogens is 5. The van der Waals surface area contributed by atoms with E-state index >= 15 is 0 Å². The van der Waals surface area contributed by atoms with Crippen molar-refractivity contribution >= 4 is 11.6 Å². The summed E-state index contributed by atoms with van der Waals surface area (Å²) < 4.78 is 13.1. The Morgan fingerprint density at radius 2 is 2.00 bits per heavy atom. The first kappa shape index (κ1) is 17.8. The Morgan fingerprint density at radius 3 is 2.79 bits per heavy atom. The number of rotatable bonds is 7. The number of pyridine rings is 1. The summed E-state index contributed by atoms with van der Waals surface area (Å²) in [7, 11) is 0. The van der Waals surface area contributed by atoms with Crippen molar-refractivity contribution in [2.75, 3.05) is 12.3 Å². The highest BCUT2D eigenvalue weighted by atomic mass is 16.5. The molecule has 4 aromatic rings. The van der Waals surface area contributed by atoms with E-state index in [2.05, 4.69) is 15.1 Å². The smallest absolute Gasteiger partial charge is 0.224 e. The predicted molar refractivity (Wildman–Crippen MR) is 107 cm³/mol. The second kappa shape index (κ2) is 7.29. The average molecular weight is 390 g/mol. The van der Waals surface area contributed by atoms with Gasteiger partial charge in [0.1, 0.15) is 5.76 Å². The van der Waals surface area contributed by atoms with E-state index in [0.29, 0.717) is 30.3 Å². The van der Waals surface area contributed by atoms with Crippen LogP contribution in [-0.2, 0) is 17.8 Å². The Balaban J connectivity index is 1.41. The number of fused-ring (bicyclic) bond motifs is 1. The van der Waals surface area contributed by atoms with Crippen LogP contribution in [0.3, 0.4) is 0 Å². The number of nitrogen functional groups attached to an aromatic ring is 1. The van der Waals surface area contributed by atoms with Crippen LogP contribution in [0.5, 0.6) is 0 Å². The second-order valence-electron chi connectivity index (χ2n) is 7.48. The molecule has 2 N–H and O–H groups in total. The first-order chi connectivity index (χ1) is 14.2. The number of hydrogen-bond donors (Lipinski definition) is 1. The molecule has 8 nitrogen and oxygen atoms in total. The van der Waals surface area contributed by atoms with Crippen molar-refractivity contribution in [3.05, 3.63) is 59.2 Å². The van der Waals surface area contributed by atoms with E-state index in [1.165, 1.54) is 12.8 Å². The molecule has 0 bridgehead atoms. The summed E-state index contributed by atoms with van der Waals surface area (Å²) in [5.74, 6) is 2.85. The van der Waals surface area contributed by atoms with Crippen LogP contribution in [0, 0.1) is 12.8 Å². The maximum Gasteiger partial charge on any atom is 0.224 e. The first-order valence-electron chi connectivity index (χ1n) is 9.75. The SMILES string of the molecule is Cc1ccc(-c2nc(N)nc3c(Cc4cccc(COCC5CC5)n4)cnn23)o1. The monoisotopic (exact) mass is 390 g/mol. The summed E-state index contributed by atoms with van der Waals surface area (Å²) in [6.07, 6.45) is 4.94. The van der Waals surface area contributed by atoms with E-state index in [-0.39, 0.29) is 5.95 Å². The normalized spacial score (nSPS) is 14.0. The van der Waals surface area contributed by atoms with Gasteiger partial charge in [-0.1, -0.05) is 6.07 Å². The minimum Gasteiger partial charge on any atom is -0.458 e. The van der Waals surface area contributed by atoms with Gasteiger partial charge in [0.2, 0.25) is 11.8 Å². The summed E-state index contributed by atoms with van der Waals surface area (Å²) in [5, 5.41) is 4.46. The zero-order chi connectivity index (χ0) is 19.8. The van der Waals surface area contributed by atoms with Crippen LogP contribution in [0.25, 0.3) is 17.2 Å². The van der Waals surface area contributed by atoms with Gasteiger partial charge in [-0.25, -0.2) is 0 Å². The summed E-state index contributed by atoms with van der Waals surface area (Å²) in [4.78, 5) is 13.4. The molecule has 1 saturated carbocycles. The largest absolute Gasteiger partial charge is 0.458 e. The lowest BCUT2D eigenvalue weighted by molar-refractivity contribution is 0.108. The van der Waals surface area contributed by atoms with Crippen molar-refractivity contribution in [2.24, 2.45) is 5.92 Å². The number of aryl methyl sites for hydroxylation is 1. The quantitative estimate of drug-likeness (QED) is 0.517. The number of hydrogen-bond acceptors (Lipinski definition) is 7. The minimum absolute atomic E-state index is 0.179. The molecule has 0 radical (unpaired) electrons. The lowest BCUT2D eigenvalue weighted by Crippen LogP contribution is -2.05. The Morgan fingerprint density at radius 1 is 1.14 bits per heavy atom. The maximum atomic E-state index is 5.96. The molecule has 1 aliphatic rings. The van der Waals surface area contributed by atoms with Crippen molar-refractivity contribution in [3.8, 4) is 11.6 Å². The van der Waals surface area contributed by atoms with Crippen LogP contribution in [0.1, 0.15) is 35.6 Å². The molecular weight excluding hydrogens is 368 g/mol. The van der Waals surface area contributed by atoms with Crippen molar-refractivity contribution in [1.29, 1.82) is 0 Å². The average Bonchev–Trinajstić information content (AvgIpc) is 3.30. The molecule has 0 atom stereocenters. The fourth-order valence-electron chi connectivity index (χ4n) is 3.30. The Hall–Kier alpha value is -3.26. The number of nitrogens with zero attached hydrogens (tertiary/aromatic N) is 5. The zero-order valence-electron chi connectivity index (χ0n) is 16.2. The highest BCUT2D eigenvalue weighted by molar-refractivity contribution is 5.59. The lowest BCUT2D eigenvalue weighted by atomic mass is 10.1. The van der Waals surface area contributed by atoms with E-state index < -0.39 is 0 Å². The van der Waals surface area contributed by atoms with Gasteiger partial charge in [-0.2, -0.15) is 19.6 Å². The highest BCUT2D eigenvalue weighted by Gasteiger charge is 2.21. The molecular formula is C21H22N6O2. The Bertz CT molecular complexity index is 1160. The van der Waals surface area contributed by atoms with Crippen LogP contribution in [-0.4, -0.2) is 31.2 Å². The van der Waals surface area contributed by atoms with Gasteiger partial charge in [-0.05, 0) is 49.9 Å². The van der Waals surface area contributed by atoms with E-state index in [1.807, 2.05) is 37.3 Å². The molecule has 5 rings (SSSR count). The van der Waals surface area contributed by atoms with Gasteiger partial charge >= 0.3 is 0 Å². The highest BCUT2D eigenvalue weighted by Crippen LogP contribution is 2.29. The summed E-state index contributed by atoms with van der Waals surface area (Å²) in [5.41, 5.74) is 9.40. The Labute approximate surface area is 167 Å². The van der Waals surface area contributed by atoms with Crippen LogP contribution in [0.4, 0.5) is 5.95 Å².